The first-order chi connectivity index (χ1) is 13.0. The Kier molecular flexibility index (Phi) is 5.84. The molecule has 3 aromatic rings. The molecule has 3 rings (SSSR count). The van der Waals surface area contributed by atoms with Crippen LogP contribution in [-0.4, -0.2) is 5.11 Å². The number of unbranched alkanes of at least 4 members (excludes halogenated alkanes) is 2. The number of aryl methyl sites for hydroxylation is 1. The van der Waals surface area contributed by atoms with Gasteiger partial charge in [-0.2, -0.15) is 0 Å². The highest BCUT2D eigenvalue weighted by Crippen LogP contribution is 2.31. The fourth-order valence-corrected chi connectivity index (χ4v) is 3.12. The van der Waals surface area contributed by atoms with Gasteiger partial charge < -0.3 is 5.11 Å². The van der Waals surface area contributed by atoms with Gasteiger partial charge in [0.2, 0.25) is 0 Å². The molecule has 0 bridgehead atoms. The number of benzene rings is 3. The molecule has 0 aliphatic rings. The van der Waals surface area contributed by atoms with Crippen molar-refractivity contribution < 1.29 is 18.3 Å². The first-order valence-electron chi connectivity index (χ1n) is 9.07. The van der Waals surface area contributed by atoms with Crippen LogP contribution in [0.5, 0.6) is 5.75 Å². The van der Waals surface area contributed by atoms with Gasteiger partial charge in [-0.1, -0.05) is 50.1 Å². The van der Waals surface area contributed by atoms with E-state index in [2.05, 4.69) is 6.92 Å². The summed E-state index contributed by atoms with van der Waals surface area (Å²) < 4.78 is 42.6. The van der Waals surface area contributed by atoms with Gasteiger partial charge in [-0.3, -0.25) is 0 Å². The number of phenols is 1. The number of rotatable bonds is 6. The summed E-state index contributed by atoms with van der Waals surface area (Å²) >= 11 is 0. The van der Waals surface area contributed by atoms with Crippen molar-refractivity contribution in [2.45, 2.75) is 32.6 Å². The highest BCUT2D eigenvalue weighted by molar-refractivity contribution is 5.72. The number of halogens is 3. The molecule has 1 N–H and O–H groups in total. The van der Waals surface area contributed by atoms with Gasteiger partial charge in [0, 0.05) is 11.1 Å². The van der Waals surface area contributed by atoms with E-state index in [1.54, 1.807) is 12.1 Å². The lowest BCUT2D eigenvalue weighted by atomic mass is 9.97. The van der Waals surface area contributed by atoms with Crippen molar-refractivity contribution in [3.8, 4) is 28.0 Å². The zero-order chi connectivity index (χ0) is 19.4. The molecule has 27 heavy (non-hydrogen) atoms. The number of hydrogen-bond acceptors (Lipinski definition) is 1. The number of hydrogen-bond donors (Lipinski definition) is 1. The topological polar surface area (TPSA) is 20.2 Å². The van der Waals surface area contributed by atoms with E-state index in [1.807, 2.05) is 6.07 Å². The van der Waals surface area contributed by atoms with Gasteiger partial charge in [-0.15, -0.1) is 0 Å². The van der Waals surface area contributed by atoms with Crippen molar-refractivity contribution in [2.24, 2.45) is 0 Å². The summed E-state index contributed by atoms with van der Waals surface area (Å²) in [5, 5.41) is 9.26. The zero-order valence-electron chi connectivity index (χ0n) is 15.1. The quantitative estimate of drug-likeness (QED) is 0.469. The van der Waals surface area contributed by atoms with Gasteiger partial charge in [-0.25, -0.2) is 13.2 Å². The van der Waals surface area contributed by atoms with Crippen molar-refractivity contribution in [1.82, 2.24) is 0 Å². The molecule has 0 radical (unpaired) electrons. The lowest BCUT2D eigenvalue weighted by Crippen LogP contribution is -1.92. The molecule has 1 nitrogen and oxygen atoms in total. The van der Waals surface area contributed by atoms with Crippen LogP contribution in [-0.2, 0) is 6.42 Å². The van der Waals surface area contributed by atoms with Gasteiger partial charge in [0.1, 0.15) is 11.6 Å². The molecule has 0 aliphatic heterocycles. The summed E-state index contributed by atoms with van der Waals surface area (Å²) in [4.78, 5) is 0. The van der Waals surface area contributed by atoms with E-state index >= 15 is 0 Å². The maximum atomic E-state index is 14.6. The van der Waals surface area contributed by atoms with Crippen molar-refractivity contribution in [2.75, 3.05) is 0 Å². The van der Waals surface area contributed by atoms with Crippen LogP contribution in [0.4, 0.5) is 13.2 Å². The highest BCUT2D eigenvalue weighted by Gasteiger charge is 2.12. The van der Waals surface area contributed by atoms with E-state index in [9.17, 15) is 18.3 Å². The largest absolute Gasteiger partial charge is 0.505 e. The molecule has 0 aromatic heterocycles. The summed E-state index contributed by atoms with van der Waals surface area (Å²) in [5.41, 5.74) is 2.18. The molecule has 0 unspecified atom stereocenters. The average molecular weight is 370 g/mol. The maximum Gasteiger partial charge on any atom is 0.165 e. The fourth-order valence-electron chi connectivity index (χ4n) is 3.12. The van der Waals surface area contributed by atoms with Crippen LogP contribution in [0.2, 0.25) is 0 Å². The first-order valence-corrected chi connectivity index (χ1v) is 9.07. The van der Waals surface area contributed by atoms with Crippen LogP contribution < -0.4 is 0 Å². The summed E-state index contributed by atoms with van der Waals surface area (Å²) in [6.45, 7) is 2.12. The Morgan fingerprint density at radius 1 is 0.704 bits per heavy atom. The van der Waals surface area contributed by atoms with Crippen LogP contribution in [0.15, 0.2) is 54.6 Å². The Morgan fingerprint density at radius 2 is 1.30 bits per heavy atom. The molecule has 0 saturated carbocycles. The van der Waals surface area contributed by atoms with E-state index in [0.717, 1.165) is 37.3 Å². The monoisotopic (exact) mass is 370 g/mol. The minimum atomic E-state index is -0.819. The summed E-state index contributed by atoms with van der Waals surface area (Å²) in [7, 11) is 0. The predicted octanol–water partition coefficient (Wildman–Crippen LogP) is 6.88. The molecule has 0 spiro atoms. The minimum absolute atomic E-state index is 0.189. The van der Waals surface area contributed by atoms with E-state index in [1.165, 1.54) is 30.3 Å². The molecule has 3 aromatic carbocycles. The smallest absolute Gasteiger partial charge is 0.165 e. The normalized spacial score (nSPS) is 11.0. The Hall–Kier alpha value is -2.75. The van der Waals surface area contributed by atoms with Crippen molar-refractivity contribution in [3.05, 3.63) is 77.6 Å². The Morgan fingerprint density at radius 3 is 1.89 bits per heavy atom. The summed E-state index contributed by atoms with van der Waals surface area (Å²) in [6, 6.07) is 13.1. The van der Waals surface area contributed by atoms with Gasteiger partial charge in [0.15, 0.2) is 11.6 Å². The second-order valence-corrected chi connectivity index (χ2v) is 6.63. The van der Waals surface area contributed by atoms with Crippen molar-refractivity contribution in [3.63, 3.8) is 0 Å². The Bertz CT molecular complexity index is 950. The van der Waals surface area contributed by atoms with Crippen LogP contribution in [0, 0.1) is 17.5 Å². The molecular weight excluding hydrogens is 349 g/mol. The van der Waals surface area contributed by atoms with Crippen LogP contribution >= 0.6 is 0 Å². The lowest BCUT2D eigenvalue weighted by molar-refractivity contribution is 0.432. The van der Waals surface area contributed by atoms with Crippen LogP contribution in [0.1, 0.15) is 31.7 Å². The summed E-state index contributed by atoms with van der Waals surface area (Å²) in [6.07, 6.45) is 4.05. The van der Waals surface area contributed by atoms with Crippen molar-refractivity contribution in [1.29, 1.82) is 0 Å². The molecule has 0 aliphatic carbocycles. The third-order valence-electron chi connectivity index (χ3n) is 4.64. The van der Waals surface area contributed by atoms with Gasteiger partial charge in [0.05, 0.1) is 0 Å². The van der Waals surface area contributed by atoms with Crippen LogP contribution in [0.3, 0.4) is 0 Å². The fraction of sp³-hybridized carbons (Fsp3) is 0.217. The molecule has 0 fully saturated rings. The third-order valence-corrected chi connectivity index (χ3v) is 4.64. The van der Waals surface area contributed by atoms with Gasteiger partial charge >= 0.3 is 0 Å². The minimum Gasteiger partial charge on any atom is -0.505 e. The molecule has 0 atom stereocenters. The van der Waals surface area contributed by atoms with Crippen molar-refractivity contribution >= 4 is 0 Å². The summed E-state index contributed by atoms with van der Waals surface area (Å²) in [5.74, 6) is -2.27. The molecule has 140 valence electrons. The second kappa shape index (κ2) is 8.30. The third kappa shape index (κ3) is 4.33. The van der Waals surface area contributed by atoms with E-state index in [4.69, 9.17) is 0 Å². The predicted molar refractivity (Wildman–Crippen MR) is 102 cm³/mol. The standard InChI is InChI=1S/C23H21F3O/c1-2-3-4-5-15-6-9-18(20(24)12-15)16-7-10-19(21(25)13-16)17-8-11-23(27)22(26)14-17/h6-14,27H,2-5H2,1H3. The molecule has 0 saturated heterocycles. The zero-order valence-corrected chi connectivity index (χ0v) is 15.1. The maximum absolute atomic E-state index is 14.6. The average Bonchev–Trinajstić information content (AvgIpc) is 2.64. The van der Waals surface area contributed by atoms with Gasteiger partial charge in [0.25, 0.3) is 0 Å². The molecule has 0 amide bonds. The Labute approximate surface area is 157 Å². The van der Waals surface area contributed by atoms with E-state index < -0.39 is 17.4 Å². The van der Waals surface area contributed by atoms with Crippen LogP contribution in [0.25, 0.3) is 22.3 Å². The van der Waals surface area contributed by atoms with Gasteiger partial charge in [-0.05, 0) is 53.8 Å². The molecule has 0 heterocycles. The first kappa shape index (κ1) is 19.0. The molecule has 4 heteroatoms. The lowest BCUT2D eigenvalue weighted by Gasteiger charge is -2.10. The SMILES string of the molecule is CCCCCc1ccc(-c2ccc(-c3ccc(O)c(F)c3)c(F)c2)c(F)c1. The van der Waals surface area contributed by atoms with E-state index in [0.29, 0.717) is 16.7 Å². The molecular formula is C23H21F3O. The van der Waals surface area contributed by atoms with E-state index in [-0.39, 0.29) is 11.4 Å². The number of aromatic hydroxyl groups is 1. The Balaban J connectivity index is 1.88. The second-order valence-electron chi connectivity index (χ2n) is 6.63. The number of phenolic OH excluding ortho intramolecular Hbond substituents is 1. The highest BCUT2D eigenvalue weighted by atomic mass is 19.1.